The van der Waals surface area contributed by atoms with Crippen LogP contribution < -0.4 is 0 Å². The quantitative estimate of drug-likeness (QED) is 0.441. The molecule has 3 aromatic carbocycles. The minimum Gasteiger partial charge on any atom is -0.505 e. The fourth-order valence-electron chi connectivity index (χ4n) is 4.51. The average Bonchev–Trinajstić information content (AvgIpc) is 3.14. The molecule has 1 N–H and O–H groups in total. The number of ketones is 2. The Morgan fingerprint density at radius 2 is 1.32 bits per heavy atom. The van der Waals surface area contributed by atoms with Crippen LogP contribution in [0.1, 0.15) is 47.9 Å². The molecule has 0 bridgehead atoms. The SMILES string of the molecule is CN(C)C(=O)c1ccccc1-c1c(O)c2c(n1Cc1ccccc1)C(=O)c1ccccc1C2=O. The lowest BCUT2D eigenvalue weighted by Gasteiger charge is -2.19. The number of hydrogen-bond acceptors (Lipinski definition) is 4. The number of amides is 1. The predicted octanol–water partition coefficient (Wildman–Crippen LogP) is 4.39. The number of fused-ring (bicyclic) bond motifs is 2. The molecule has 0 fully saturated rings. The number of hydrogen-bond donors (Lipinski definition) is 1. The maximum Gasteiger partial charge on any atom is 0.254 e. The third-order valence-electron chi connectivity index (χ3n) is 6.10. The predicted molar refractivity (Wildman–Crippen MR) is 128 cm³/mol. The van der Waals surface area contributed by atoms with Crippen LogP contribution in [0.15, 0.2) is 78.9 Å². The molecule has 0 radical (unpaired) electrons. The van der Waals surface area contributed by atoms with Gasteiger partial charge in [-0.15, -0.1) is 0 Å². The van der Waals surface area contributed by atoms with E-state index in [1.165, 1.54) is 4.90 Å². The normalized spacial score (nSPS) is 12.3. The Bertz CT molecular complexity index is 1470. The smallest absolute Gasteiger partial charge is 0.254 e. The van der Waals surface area contributed by atoms with Crippen LogP contribution in [0.2, 0.25) is 0 Å². The summed E-state index contributed by atoms with van der Waals surface area (Å²) in [5.41, 5.74) is 2.64. The van der Waals surface area contributed by atoms with E-state index < -0.39 is 5.78 Å². The Morgan fingerprint density at radius 3 is 1.97 bits per heavy atom. The van der Waals surface area contributed by atoms with E-state index in [4.69, 9.17) is 0 Å². The third kappa shape index (κ3) is 3.23. The van der Waals surface area contributed by atoms with Gasteiger partial charge in [0.05, 0.1) is 11.3 Å². The number of benzene rings is 3. The van der Waals surface area contributed by atoms with Crippen LogP contribution in [0.4, 0.5) is 0 Å². The van der Waals surface area contributed by atoms with Crippen molar-refractivity contribution in [3.8, 4) is 17.0 Å². The summed E-state index contributed by atoms with van der Waals surface area (Å²) >= 11 is 0. The van der Waals surface area contributed by atoms with E-state index >= 15 is 0 Å². The molecular weight excluding hydrogens is 428 g/mol. The summed E-state index contributed by atoms with van der Waals surface area (Å²) < 4.78 is 1.66. The fraction of sp³-hybridized carbons (Fsp3) is 0.107. The number of rotatable bonds is 4. The zero-order chi connectivity index (χ0) is 24.0. The highest BCUT2D eigenvalue weighted by Crippen LogP contribution is 2.43. The summed E-state index contributed by atoms with van der Waals surface area (Å²) in [6.45, 7) is 0.241. The van der Waals surface area contributed by atoms with Crippen LogP contribution in [0, 0.1) is 0 Å². The third-order valence-corrected chi connectivity index (χ3v) is 6.10. The molecule has 6 heteroatoms. The number of aromatic hydroxyl groups is 1. The first-order chi connectivity index (χ1) is 16.4. The van der Waals surface area contributed by atoms with Crippen LogP contribution >= 0.6 is 0 Å². The first-order valence-electron chi connectivity index (χ1n) is 10.9. The molecule has 1 aliphatic rings. The molecule has 0 atom stereocenters. The van der Waals surface area contributed by atoms with Crippen molar-refractivity contribution < 1.29 is 19.5 Å². The molecule has 1 aliphatic carbocycles. The van der Waals surface area contributed by atoms with Crippen molar-refractivity contribution in [2.75, 3.05) is 14.1 Å². The molecule has 6 nitrogen and oxygen atoms in total. The van der Waals surface area contributed by atoms with Crippen LogP contribution in [0.3, 0.4) is 0 Å². The Morgan fingerprint density at radius 1 is 0.765 bits per heavy atom. The molecule has 0 unspecified atom stereocenters. The van der Waals surface area contributed by atoms with Crippen LogP contribution in [0.5, 0.6) is 5.75 Å². The van der Waals surface area contributed by atoms with Gasteiger partial charge >= 0.3 is 0 Å². The van der Waals surface area contributed by atoms with Crippen molar-refractivity contribution in [3.63, 3.8) is 0 Å². The van der Waals surface area contributed by atoms with E-state index in [-0.39, 0.29) is 46.5 Å². The molecule has 5 rings (SSSR count). The zero-order valence-corrected chi connectivity index (χ0v) is 18.8. The molecule has 0 aliphatic heterocycles. The van der Waals surface area contributed by atoms with E-state index in [0.29, 0.717) is 16.7 Å². The van der Waals surface area contributed by atoms with Crippen molar-refractivity contribution in [1.82, 2.24) is 9.47 Å². The topological polar surface area (TPSA) is 79.6 Å². The second kappa shape index (κ2) is 8.15. The van der Waals surface area contributed by atoms with Gasteiger partial charge in [0.25, 0.3) is 5.91 Å². The van der Waals surface area contributed by atoms with Crippen LogP contribution in [-0.4, -0.2) is 46.1 Å². The van der Waals surface area contributed by atoms with Gasteiger partial charge in [0, 0.05) is 42.9 Å². The van der Waals surface area contributed by atoms with E-state index in [2.05, 4.69) is 0 Å². The van der Waals surface area contributed by atoms with Gasteiger partial charge in [-0.2, -0.15) is 0 Å². The standard InChI is InChI=1S/C28H22N2O4/c1-29(2)28(34)21-15-9-6-12-18(21)23-27(33)22-24(30(23)16-17-10-4-3-5-11-17)26(32)20-14-8-7-13-19(20)25(22)31/h3-15,33H,16H2,1-2H3. The number of carbonyl (C=O) groups is 3. The van der Waals surface area contributed by atoms with Crippen LogP contribution in [0.25, 0.3) is 11.3 Å². The Kier molecular flexibility index (Phi) is 5.13. The summed E-state index contributed by atoms with van der Waals surface area (Å²) in [5, 5.41) is 11.4. The van der Waals surface area contributed by atoms with Gasteiger partial charge < -0.3 is 14.6 Å². The van der Waals surface area contributed by atoms with Crippen molar-refractivity contribution in [2.24, 2.45) is 0 Å². The Hall–Kier alpha value is -4.45. The molecule has 34 heavy (non-hydrogen) atoms. The fourth-order valence-corrected chi connectivity index (χ4v) is 4.51. The Balaban J connectivity index is 1.83. The summed E-state index contributed by atoms with van der Waals surface area (Å²) in [6.07, 6.45) is 0. The van der Waals surface area contributed by atoms with Gasteiger partial charge in [0.1, 0.15) is 5.69 Å². The minimum absolute atomic E-state index is 0.0262. The van der Waals surface area contributed by atoms with Crippen molar-refractivity contribution in [3.05, 3.63) is 112 Å². The number of carbonyl (C=O) groups excluding carboxylic acids is 3. The molecule has 0 saturated heterocycles. The van der Waals surface area contributed by atoms with Crippen molar-refractivity contribution in [1.29, 1.82) is 0 Å². The maximum atomic E-state index is 13.6. The molecule has 1 heterocycles. The second-order valence-electron chi connectivity index (χ2n) is 8.44. The van der Waals surface area contributed by atoms with E-state index in [9.17, 15) is 19.5 Å². The van der Waals surface area contributed by atoms with Gasteiger partial charge in [0.15, 0.2) is 11.5 Å². The van der Waals surface area contributed by atoms with Crippen molar-refractivity contribution in [2.45, 2.75) is 6.54 Å². The van der Waals surface area contributed by atoms with Gasteiger partial charge in [-0.3, -0.25) is 14.4 Å². The van der Waals surface area contributed by atoms with Crippen molar-refractivity contribution >= 4 is 17.5 Å². The van der Waals surface area contributed by atoms with Gasteiger partial charge in [0.2, 0.25) is 5.78 Å². The summed E-state index contributed by atoms with van der Waals surface area (Å²) in [5.74, 6) is -1.29. The summed E-state index contributed by atoms with van der Waals surface area (Å²) in [7, 11) is 3.30. The first kappa shape index (κ1) is 21.4. The van der Waals surface area contributed by atoms with Gasteiger partial charge in [-0.1, -0.05) is 72.8 Å². The number of nitrogens with zero attached hydrogens (tertiary/aromatic N) is 2. The molecule has 168 valence electrons. The van der Waals surface area contributed by atoms with E-state index in [1.807, 2.05) is 30.3 Å². The Labute approximate surface area is 196 Å². The number of aromatic nitrogens is 1. The highest BCUT2D eigenvalue weighted by molar-refractivity contribution is 6.29. The second-order valence-corrected chi connectivity index (χ2v) is 8.44. The molecular formula is C28H22N2O4. The maximum absolute atomic E-state index is 13.6. The molecule has 1 aromatic heterocycles. The van der Waals surface area contributed by atoms with Crippen LogP contribution in [-0.2, 0) is 6.54 Å². The lowest BCUT2D eigenvalue weighted by atomic mass is 9.87. The molecule has 0 saturated carbocycles. The lowest BCUT2D eigenvalue weighted by molar-refractivity contribution is 0.0828. The average molecular weight is 450 g/mol. The molecule has 0 spiro atoms. The first-order valence-corrected chi connectivity index (χ1v) is 10.9. The van der Waals surface area contributed by atoms with Gasteiger partial charge in [-0.05, 0) is 11.6 Å². The van der Waals surface area contributed by atoms with Gasteiger partial charge in [-0.25, -0.2) is 0 Å². The molecule has 1 amide bonds. The highest BCUT2D eigenvalue weighted by Gasteiger charge is 2.39. The highest BCUT2D eigenvalue weighted by atomic mass is 16.3. The summed E-state index contributed by atoms with van der Waals surface area (Å²) in [6, 6.07) is 23.0. The van der Waals surface area contributed by atoms with E-state index in [1.54, 1.807) is 67.2 Å². The monoisotopic (exact) mass is 450 g/mol. The zero-order valence-electron chi connectivity index (χ0n) is 18.8. The van der Waals surface area contributed by atoms with E-state index in [0.717, 1.165) is 5.56 Å². The minimum atomic E-state index is -0.410. The summed E-state index contributed by atoms with van der Waals surface area (Å²) in [4.78, 5) is 41.5. The molecule has 4 aromatic rings. The lowest BCUT2D eigenvalue weighted by Crippen LogP contribution is -2.24. The largest absolute Gasteiger partial charge is 0.505 e.